The van der Waals surface area contributed by atoms with Gasteiger partial charge in [-0.15, -0.1) is 11.8 Å². The summed E-state index contributed by atoms with van der Waals surface area (Å²) in [5.74, 6) is 7.34. The molecule has 0 bridgehead atoms. The standard InChI is InChI=1S/C42H49NO10/c1-48-32-20-21-37(38(26-32)49-2)42(30-14-7-5-8-15-30,31-16-9-6-10-17-31)52-28-33(53-40(46)23-22-39(44)45)27-50-25-13-24-43-41(47)51-29-36-34-18-11-3-4-12-19-35(34)36/h5-10,14-17,20-21,26,33-36H,11-13,18-19,22-25,27-29H2,1-2H3,(H,43,47)(H,44,45). The Bertz CT molecular complexity index is 1650. The van der Waals surface area contributed by atoms with Crippen LogP contribution in [-0.4, -0.2) is 76.4 Å². The summed E-state index contributed by atoms with van der Waals surface area (Å²) in [5, 5.41) is 11.9. The molecule has 3 aromatic rings. The van der Waals surface area contributed by atoms with Gasteiger partial charge >= 0.3 is 18.0 Å². The van der Waals surface area contributed by atoms with E-state index in [1.54, 1.807) is 20.3 Å². The fourth-order valence-corrected chi connectivity index (χ4v) is 7.03. The quantitative estimate of drug-likeness (QED) is 0.0585. The summed E-state index contributed by atoms with van der Waals surface area (Å²) in [6, 6.07) is 24.8. The minimum atomic E-state index is -1.24. The molecule has 2 N–H and O–H groups in total. The molecular formula is C42H49NO10. The van der Waals surface area contributed by atoms with Crippen LogP contribution < -0.4 is 14.8 Å². The molecule has 11 heteroatoms. The molecule has 2 aliphatic rings. The molecule has 3 atom stereocenters. The Morgan fingerprint density at radius 1 is 0.868 bits per heavy atom. The highest BCUT2D eigenvalue weighted by molar-refractivity contribution is 5.76. The van der Waals surface area contributed by atoms with E-state index in [4.69, 9.17) is 33.5 Å². The first-order valence-electron chi connectivity index (χ1n) is 18.2. The topological polar surface area (TPSA) is 139 Å². The summed E-state index contributed by atoms with van der Waals surface area (Å²) in [6.07, 6.45) is 2.44. The van der Waals surface area contributed by atoms with Gasteiger partial charge in [0, 0.05) is 37.6 Å². The molecule has 282 valence electrons. The number of alkyl carbamates (subject to hydrolysis) is 1. The Balaban J connectivity index is 1.24. The van der Waals surface area contributed by atoms with Gasteiger partial charge in [-0.1, -0.05) is 60.7 Å². The van der Waals surface area contributed by atoms with Gasteiger partial charge in [-0.3, -0.25) is 9.59 Å². The molecule has 0 aromatic heterocycles. The van der Waals surface area contributed by atoms with Crippen LogP contribution in [-0.2, 0) is 34.1 Å². The van der Waals surface area contributed by atoms with Gasteiger partial charge in [-0.05, 0) is 60.3 Å². The molecule has 0 radical (unpaired) electrons. The second kappa shape index (κ2) is 19.7. The zero-order valence-corrected chi connectivity index (χ0v) is 30.4. The maximum absolute atomic E-state index is 12.8. The number of ether oxygens (including phenoxy) is 6. The number of nitrogens with one attached hydrogen (secondary N) is 1. The van der Waals surface area contributed by atoms with E-state index in [9.17, 15) is 14.4 Å². The minimum Gasteiger partial charge on any atom is -0.497 e. The molecule has 0 saturated heterocycles. The lowest BCUT2D eigenvalue weighted by Crippen LogP contribution is -2.38. The molecular weight excluding hydrogens is 678 g/mol. The number of fused-ring (bicyclic) bond motifs is 1. The summed E-state index contributed by atoms with van der Waals surface area (Å²) >= 11 is 0. The smallest absolute Gasteiger partial charge is 0.407 e. The number of carboxylic acids is 1. The van der Waals surface area contributed by atoms with Crippen LogP contribution in [0.25, 0.3) is 0 Å². The maximum Gasteiger partial charge on any atom is 0.407 e. The Morgan fingerprint density at radius 3 is 2.13 bits per heavy atom. The van der Waals surface area contributed by atoms with Gasteiger partial charge in [0.25, 0.3) is 0 Å². The fourth-order valence-electron chi connectivity index (χ4n) is 7.03. The van der Waals surface area contributed by atoms with Gasteiger partial charge < -0.3 is 38.8 Å². The van der Waals surface area contributed by atoms with Crippen molar-refractivity contribution in [1.82, 2.24) is 5.32 Å². The molecule has 1 fully saturated rings. The Labute approximate surface area is 311 Å². The summed E-state index contributed by atoms with van der Waals surface area (Å²) in [6.45, 7) is 0.869. The zero-order valence-electron chi connectivity index (χ0n) is 30.4. The van der Waals surface area contributed by atoms with Crippen molar-refractivity contribution in [2.24, 2.45) is 17.8 Å². The van der Waals surface area contributed by atoms with Crippen molar-refractivity contribution in [2.75, 3.05) is 47.2 Å². The molecule has 5 rings (SSSR count). The van der Waals surface area contributed by atoms with E-state index < -0.39 is 29.7 Å². The number of hydrogen-bond donors (Lipinski definition) is 2. The number of methoxy groups -OCH3 is 2. The second-order valence-electron chi connectivity index (χ2n) is 13.2. The van der Waals surface area contributed by atoms with Crippen molar-refractivity contribution in [2.45, 2.75) is 56.7 Å². The second-order valence-corrected chi connectivity index (χ2v) is 13.2. The first-order valence-corrected chi connectivity index (χ1v) is 18.2. The molecule has 0 heterocycles. The predicted molar refractivity (Wildman–Crippen MR) is 197 cm³/mol. The number of benzene rings is 3. The number of hydrogen-bond acceptors (Lipinski definition) is 9. The van der Waals surface area contributed by atoms with Crippen LogP contribution in [0, 0.1) is 29.6 Å². The lowest BCUT2D eigenvalue weighted by atomic mass is 9.79. The molecule has 11 nitrogen and oxygen atoms in total. The van der Waals surface area contributed by atoms with Crippen LogP contribution in [0.4, 0.5) is 4.79 Å². The number of esters is 1. The van der Waals surface area contributed by atoms with Crippen LogP contribution in [0.3, 0.4) is 0 Å². The number of aliphatic carboxylic acids is 1. The average molecular weight is 728 g/mol. The highest BCUT2D eigenvalue weighted by Gasteiger charge is 2.49. The molecule has 0 aliphatic heterocycles. The molecule has 2 aliphatic carbocycles. The fraction of sp³-hybridized carbons (Fsp3) is 0.452. The van der Waals surface area contributed by atoms with E-state index in [-0.39, 0.29) is 32.7 Å². The number of rotatable bonds is 20. The Morgan fingerprint density at radius 2 is 1.53 bits per heavy atom. The van der Waals surface area contributed by atoms with Gasteiger partial charge in [0.05, 0.1) is 46.9 Å². The number of amides is 1. The van der Waals surface area contributed by atoms with Crippen molar-refractivity contribution in [3.05, 3.63) is 95.6 Å². The summed E-state index contributed by atoms with van der Waals surface area (Å²) in [7, 11) is 3.15. The SMILES string of the molecule is COc1ccc(C(OCC(COCCCNC(=O)OCC2C3CCC#CCCC32)OC(=O)CCC(=O)O)(c2ccccc2)c2ccccc2)c(OC)c1. The first-order chi connectivity index (χ1) is 25.8. The van der Waals surface area contributed by atoms with Crippen LogP contribution in [0.15, 0.2) is 78.9 Å². The van der Waals surface area contributed by atoms with Crippen molar-refractivity contribution < 1.29 is 47.9 Å². The summed E-state index contributed by atoms with van der Waals surface area (Å²) in [5.41, 5.74) is 1.05. The van der Waals surface area contributed by atoms with Gasteiger partial charge in [0.2, 0.25) is 0 Å². The first kappa shape index (κ1) is 39.2. The van der Waals surface area contributed by atoms with Crippen molar-refractivity contribution >= 4 is 18.0 Å². The maximum atomic E-state index is 12.8. The lowest BCUT2D eigenvalue weighted by Gasteiger charge is -2.37. The normalized spacial score (nSPS) is 18.1. The summed E-state index contributed by atoms with van der Waals surface area (Å²) < 4.78 is 35.5. The minimum absolute atomic E-state index is 0.0309. The Hall–Kier alpha value is -5.05. The third kappa shape index (κ3) is 10.7. The van der Waals surface area contributed by atoms with Crippen molar-refractivity contribution in [1.29, 1.82) is 0 Å². The number of carbonyl (C=O) groups is 3. The third-order valence-corrected chi connectivity index (χ3v) is 9.76. The molecule has 53 heavy (non-hydrogen) atoms. The average Bonchev–Trinajstić information content (AvgIpc) is 3.83. The highest BCUT2D eigenvalue weighted by atomic mass is 16.6. The van der Waals surface area contributed by atoms with E-state index in [0.717, 1.165) is 36.8 Å². The molecule has 1 amide bonds. The van der Waals surface area contributed by atoms with Crippen molar-refractivity contribution in [3.63, 3.8) is 0 Å². The van der Waals surface area contributed by atoms with Crippen molar-refractivity contribution in [3.8, 4) is 23.3 Å². The lowest BCUT2D eigenvalue weighted by molar-refractivity contribution is -0.161. The third-order valence-electron chi connectivity index (χ3n) is 9.76. The monoisotopic (exact) mass is 727 g/mol. The van der Waals surface area contributed by atoms with Crippen LogP contribution in [0.1, 0.15) is 61.6 Å². The Kier molecular flexibility index (Phi) is 14.6. The van der Waals surface area contributed by atoms with Crippen LogP contribution in [0.2, 0.25) is 0 Å². The summed E-state index contributed by atoms with van der Waals surface area (Å²) in [4.78, 5) is 36.4. The largest absolute Gasteiger partial charge is 0.497 e. The molecule has 1 saturated carbocycles. The predicted octanol–water partition coefficient (Wildman–Crippen LogP) is 6.36. The van der Waals surface area contributed by atoms with Gasteiger partial charge in [-0.25, -0.2) is 4.79 Å². The van der Waals surface area contributed by atoms with Gasteiger partial charge in [0.1, 0.15) is 23.2 Å². The van der Waals surface area contributed by atoms with Gasteiger partial charge in [0.15, 0.2) is 0 Å². The van der Waals surface area contributed by atoms with Crippen LogP contribution >= 0.6 is 0 Å². The molecule has 3 unspecified atom stereocenters. The molecule has 0 spiro atoms. The molecule has 3 aromatic carbocycles. The van der Waals surface area contributed by atoms with E-state index in [1.165, 1.54) is 0 Å². The highest BCUT2D eigenvalue weighted by Crippen LogP contribution is 2.52. The van der Waals surface area contributed by atoms with Gasteiger partial charge in [-0.2, -0.15) is 0 Å². The number of carboxylic acid groups (broad SMARTS) is 1. The zero-order chi connectivity index (χ0) is 37.5. The van der Waals surface area contributed by atoms with Crippen LogP contribution in [0.5, 0.6) is 11.5 Å². The van der Waals surface area contributed by atoms with E-state index in [2.05, 4.69) is 17.2 Å². The van der Waals surface area contributed by atoms with E-state index >= 15 is 0 Å². The van der Waals surface area contributed by atoms with E-state index in [0.29, 0.717) is 54.4 Å². The number of carbonyl (C=O) groups excluding carboxylic acids is 2. The van der Waals surface area contributed by atoms with E-state index in [1.807, 2.05) is 72.8 Å².